The van der Waals surface area contributed by atoms with Gasteiger partial charge in [-0.25, -0.2) is 4.79 Å². The average Bonchev–Trinajstić information content (AvgIpc) is 1.96. The second-order valence-corrected chi connectivity index (χ2v) is 3.03. The van der Waals surface area contributed by atoms with E-state index in [4.69, 9.17) is 10.8 Å². The third-order valence-corrected chi connectivity index (χ3v) is 1.90. The van der Waals surface area contributed by atoms with Crippen molar-refractivity contribution in [2.24, 2.45) is 0 Å². The molecule has 0 aromatic heterocycles. The van der Waals surface area contributed by atoms with E-state index in [0.717, 1.165) is 5.56 Å². The number of nitrogen functional groups attached to an aromatic ring is 1. The third-order valence-electron chi connectivity index (χ3n) is 1.53. The molecule has 1 aromatic carbocycles. The zero-order valence-corrected chi connectivity index (χ0v) is 7.43. The minimum Gasteiger partial charge on any atom is -0.478 e. The van der Waals surface area contributed by atoms with Crippen LogP contribution in [0.3, 0.4) is 0 Å². The van der Waals surface area contributed by atoms with Crippen molar-refractivity contribution in [1.29, 1.82) is 0 Å². The number of thiol groups is 1. The Morgan fingerprint density at radius 1 is 1.58 bits per heavy atom. The van der Waals surface area contributed by atoms with Gasteiger partial charge in [0.25, 0.3) is 0 Å². The highest BCUT2D eigenvalue weighted by atomic mass is 32.1. The lowest BCUT2D eigenvalue weighted by Crippen LogP contribution is -2.03. The molecule has 0 aliphatic rings. The number of nitrogens with two attached hydrogens (primary N) is 1. The van der Waals surface area contributed by atoms with Crippen molar-refractivity contribution in [2.75, 3.05) is 5.73 Å². The highest BCUT2D eigenvalue weighted by molar-refractivity contribution is 7.80. The van der Waals surface area contributed by atoms with Crippen molar-refractivity contribution in [3.8, 4) is 0 Å². The van der Waals surface area contributed by atoms with Crippen molar-refractivity contribution >= 4 is 24.3 Å². The molecule has 0 saturated heterocycles. The number of hydrogen-bond acceptors (Lipinski definition) is 3. The first-order valence-corrected chi connectivity index (χ1v) is 3.79. The Balaban J connectivity index is 3.37. The summed E-state index contributed by atoms with van der Waals surface area (Å²) in [6, 6.07) is 3.25. The number of carbonyl (C=O) groups is 1. The van der Waals surface area contributed by atoms with Gasteiger partial charge in [-0.15, -0.1) is 12.6 Å². The number of anilines is 1. The molecular formula is C8H9NO2S. The Kier molecular flexibility index (Phi) is 2.28. The zero-order valence-electron chi connectivity index (χ0n) is 6.53. The third kappa shape index (κ3) is 1.53. The van der Waals surface area contributed by atoms with E-state index < -0.39 is 5.97 Å². The van der Waals surface area contributed by atoms with E-state index in [1.807, 2.05) is 0 Å². The molecule has 0 atom stereocenters. The SMILES string of the molecule is Cc1cc(S)c(N)c(C(=O)O)c1. The van der Waals surface area contributed by atoms with E-state index in [-0.39, 0.29) is 11.3 Å². The lowest BCUT2D eigenvalue weighted by Gasteiger charge is -2.04. The van der Waals surface area contributed by atoms with Gasteiger partial charge in [-0.1, -0.05) is 0 Å². The Bertz CT molecular complexity index is 336. The van der Waals surface area contributed by atoms with Crippen LogP contribution in [0.4, 0.5) is 5.69 Å². The van der Waals surface area contributed by atoms with Crippen molar-refractivity contribution in [2.45, 2.75) is 11.8 Å². The predicted molar refractivity (Wildman–Crippen MR) is 49.8 cm³/mol. The molecule has 0 amide bonds. The van der Waals surface area contributed by atoms with Crippen molar-refractivity contribution in [3.63, 3.8) is 0 Å². The number of rotatable bonds is 1. The summed E-state index contributed by atoms with van der Waals surface area (Å²) >= 11 is 4.04. The van der Waals surface area contributed by atoms with Gasteiger partial charge in [-0.2, -0.15) is 0 Å². The minimum atomic E-state index is -1.02. The van der Waals surface area contributed by atoms with Crippen LogP contribution >= 0.6 is 12.6 Å². The summed E-state index contributed by atoms with van der Waals surface area (Å²) in [7, 11) is 0. The Labute approximate surface area is 75.6 Å². The first kappa shape index (κ1) is 8.93. The summed E-state index contributed by atoms with van der Waals surface area (Å²) in [5, 5.41) is 8.70. The molecular weight excluding hydrogens is 174 g/mol. The molecule has 1 rings (SSSR count). The lowest BCUT2D eigenvalue weighted by molar-refractivity contribution is 0.0697. The average molecular weight is 183 g/mol. The van der Waals surface area contributed by atoms with Crippen molar-refractivity contribution < 1.29 is 9.90 Å². The van der Waals surface area contributed by atoms with E-state index in [0.29, 0.717) is 4.90 Å². The normalized spacial score (nSPS) is 9.83. The van der Waals surface area contributed by atoms with E-state index >= 15 is 0 Å². The first-order valence-electron chi connectivity index (χ1n) is 3.34. The molecule has 4 heteroatoms. The Morgan fingerprint density at radius 2 is 2.17 bits per heavy atom. The first-order chi connectivity index (χ1) is 5.52. The molecule has 0 aliphatic carbocycles. The molecule has 12 heavy (non-hydrogen) atoms. The summed E-state index contributed by atoms with van der Waals surface area (Å²) in [4.78, 5) is 11.1. The van der Waals surface area contributed by atoms with Gasteiger partial charge in [0.2, 0.25) is 0 Å². The van der Waals surface area contributed by atoms with E-state index in [1.54, 1.807) is 13.0 Å². The predicted octanol–water partition coefficient (Wildman–Crippen LogP) is 1.56. The van der Waals surface area contributed by atoms with Gasteiger partial charge in [-0.05, 0) is 24.6 Å². The highest BCUT2D eigenvalue weighted by Gasteiger charge is 2.10. The summed E-state index contributed by atoms with van der Waals surface area (Å²) < 4.78 is 0. The van der Waals surface area contributed by atoms with Gasteiger partial charge in [0, 0.05) is 4.90 Å². The van der Waals surface area contributed by atoms with Gasteiger partial charge >= 0.3 is 5.97 Å². The van der Waals surface area contributed by atoms with E-state index in [2.05, 4.69) is 12.6 Å². The topological polar surface area (TPSA) is 63.3 Å². The fourth-order valence-corrected chi connectivity index (χ4v) is 1.28. The second kappa shape index (κ2) is 3.06. The Morgan fingerprint density at radius 3 is 2.67 bits per heavy atom. The summed E-state index contributed by atoms with van der Waals surface area (Å²) in [6.45, 7) is 1.80. The van der Waals surface area contributed by atoms with Crippen LogP contribution in [-0.4, -0.2) is 11.1 Å². The quantitative estimate of drug-likeness (QED) is 0.457. The van der Waals surface area contributed by atoms with Crippen LogP contribution in [0.1, 0.15) is 15.9 Å². The maximum Gasteiger partial charge on any atom is 0.337 e. The second-order valence-electron chi connectivity index (χ2n) is 2.55. The molecule has 0 fully saturated rings. The molecule has 1 aromatic rings. The van der Waals surface area contributed by atoms with Crippen LogP contribution in [0, 0.1) is 6.92 Å². The molecule has 3 nitrogen and oxygen atoms in total. The van der Waals surface area contributed by atoms with Gasteiger partial charge in [0.05, 0.1) is 11.3 Å². The number of aryl methyl sites for hydroxylation is 1. The van der Waals surface area contributed by atoms with Gasteiger partial charge in [0.15, 0.2) is 0 Å². The number of carboxylic acid groups (broad SMARTS) is 1. The van der Waals surface area contributed by atoms with Gasteiger partial charge < -0.3 is 10.8 Å². The smallest absolute Gasteiger partial charge is 0.337 e. The number of benzene rings is 1. The summed E-state index contributed by atoms with van der Waals surface area (Å²) in [5.74, 6) is -1.02. The van der Waals surface area contributed by atoms with Crippen LogP contribution in [0.5, 0.6) is 0 Å². The molecule has 0 radical (unpaired) electrons. The highest BCUT2D eigenvalue weighted by Crippen LogP contribution is 2.22. The van der Waals surface area contributed by atoms with Gasteiger partial charge in [-0.3, -0.25) is 0 Å². The summed E-state index contributed by atoms with van der Waals surface area (Å²) in [5.41, 5.74) is 6.66. The van der Waals surface area contributed by atoms with Crippen LogP contribution in [0.2, 0.25) is 0 Å². The molecule has 0 heterocycles. The fraction of sp³-hybridized carbons (Fsp3) is 0.125. The van der Waals surface area contributed by atoms with Crippen molar-refractivity contribution in [3.05, 3.63) is 23.3 Å². The fourth-order valence-electron chi connectivity index (χ4n) is 0.955. The lowest BCUT2D eigenvalue weighted by atomic mass is 10.1. The molecule has 0 bridgehead atoms. The van der Waals surface area contributed by atoms with Crippen LogP contribution < -0.4 is 5.73 Å². The maximum absolute atomic E-state index is 10.6. The Hall–Kier alpha value is -1.16. The minimum absolute atomic E-state index is 0.111. The molecule has 64 valence electrons. The van der Waals surface area contributed by atoms with Crippen LogP contribution in [-0.2, 0) is 0 Å². The standard InChI is InChI=1S/C8H9NO2S/c1-4-2-5(8(10)11)7(9)6(12)3-4/h2-3,12H,9H2,1H3,(H,10,11). The zero-order chi connectivity index (χ0) is 9.30. The monoisotopic (exact) mass is 183 g/mol. The van der Waals surface area contributed by atoms with Crippen LogP contribution in [0.25, 0.3) is 0 Å². The molecule has 3 N–H and O–H groups in total. The molecule has 0 saturated carbocycles. The maximum atomic E-state index is 10.6. The number of hydrogen-bond donors (Lipinski definition) is 3. The largest absolute Gasteiger partial charge is 0.478 e. The number of carboxylic acids is 1. The molecule has 0 spiro atoms. The molecule has 0 aliphatic heterocycles. The molecule has 0 unspecified atom stereocenters. The number of aromatic carboxylic acids is 1. The van der Waals surface area contributed by atoms with Gasteiger partial charge in [0.1, 0.15) is 0 Å². The summed E-state index contributed by atoms with van der Waals surface area (Å²) in [6.07, 6.45) is 0. The van der Waals surface area contributed by atoms with Crippen molar-refractivity contribution in [1.82, 2.24) is 0 Å². The van der Waals surface area contributed by atoms with E-state index in [1.165, 1.54) is 6.07 Å². The van der Waals surface area contributed by atoms with Crippen LogP contribution in [0.15, 0.2) is 17.0 Å². The van der Waals surface area contributed by atoms with E-state index in [9.17, 15) is 4.79 Å².